The molecule has 1 aromatic carbocycles. The zero-order valence-electron chi connectivity index (χ0n) is 20.0. The molecule has 33 heavy (non-hydrogen) atoms. The quantitative estimate of drug-likeness (QED) is 0.271. The average Bonchev–Trinajstić information content (AvgIpc) is 2.73. The van der Waals surface area contributed by atoms with Gasteiger partial charge in [0.25, 0.3) is 0 Å². The summed E-state index contributed by atoms with van der Waals surface area (Å²) in [6, 6.07) is 7.75. The largest absolute Gasteiger partial charge is 0.391 e. The standard InChI is InChI=1S/C25H35NO7/c1-5-6-7-8-9-10-11-21-12-14-22(15-13-21)16-17-25(26-18(2)27,23(30)32-19(3)28)24(31)33-20(4)29/h12-15H,5-11,16-17H2,1-4H3,(H,26,27). The number of esters is 4. The summed E-state index contributed by atoms with van der Waals surface area (Å²) in [5.41, 5.74) is -0.322. The van der Waals surface area contributed by atoms with Gasteiger partial charge in [-0.2, -0.15) is 0 Å². The molecule has 1 rings (SSSR count). The zero-order valence-corrected chi connectivity index (χ0v) is 20.0. The monoisotopic (exact) mass is 461 g/mol. The number of carbonyl (C=O) groups is 5. The van der Waals surface area contributed by atoms with E-state index in [2.05, 4.69) is 21.7 Å². The van der Waals surface area contributed by atoms with Crippen molar-refractivity contribution in [3.05, 3.63) is 35.4 Å². The van der Waals surface area contributed by atoms with Gasteiger partial charge in [-0.15, -0.1) is 0 Å². The number of nitrogens with one attached hydrogen (secondary N) is 1. The van der Waals surface area contributed by atoms with Crippen molar-refractivity contribution in [3.8, 4) is 0 Å². The van der Waals surface area contributed by atoms with E-state index >= 15 is 0 Å². The summed E-state index contributed by atoms with van der Waals surface area (Å²) in [5, 5.41) is 2.24. The van der Waals surface area contributed by atoms with Gasteiger partial charge in [-0.05, 0) is 36.8 Å². The zero-order chi connectivity index (χ0) is 24.9. The highest BCUT2D eigenvalue weighted by Crippen LogP contribution is 2.21. The number of benzene rings is 1. The molecule has 182 valence electrons. The number of hydrogen-bond acceptors (Lipinski definition) is 7. The molecule has 0 saturated carbocycles. The normalized spacial score (nSPS) is 10.9. The third-order valence-electron chi connectivity index (χ3n) is 5.19. The Labute approximate surface area is 195 Å². The molecule has 0 atom stereocenters. The lowest BCUT2D eigenvalue weighted by molar-refractivity contribution is -0.175. The van der Waals surface area contributed by atoms with Gasteiger partial charge in [-0.3, -0.25) is 14.4 Å². The molecule has 0 spiro atoms. The number of ether oxygens (including phenoxy) is 2. The fourth-order valence-electron chi connectivity index (χ4n) is 3.50. The topological polar surface area (TPSA) is 116 Å². The van der Waals surface area contributed by atoms with E-state index in [9.17, 15) is 24.0 Å². The fraction of sp³-hybridized carbons (Fsp3) is 0.560. The first-order chi connectivity index (χ1) is 15.6. The van der Waals surface area contributed by atoms with Crippen LogP contribution in [0.2, 0.25) is 0 Å². The fourth-order valence-corrected chi connectivity index (χ4v) is 3.50. The maximum atomic E-state index is 12.7. The van der Waals surface area contributed by atoms with Crippen LogP contribution in [0.5, 0.6) is 0 Å². The van der Waals surface area contributed by atoms with Crippen molar-refractivity contribution in [1.29, 1.82) is 0 Å². The molecule has 0 aromatic heterocycles. The van der Waals surface area contributed by atoms with E-state index in [4.69, 9.17) is 0 Å². The van der Waals surface area contributed by atoms with Crippen LogP contribution in [0.1, 0.15) is 83.8 Å². The van der Waals surface area contributed by atoms with E-state index in [-0.39, 0.29) is 12.8 Å². The molecule has 0 radical (unpaired) electrons. The second kappa shape index (κ2) is 14.2. The smallest absolute Gasteiger partial charge is 0.351 e. The van der Waals surface area contributed by atoms with Crippen molar-refractivity contribution in [2.75, 3.05) is 0 Å². The van der Waals surface area contributed by atoms with E-state index in [1.165, 1.54) is 37.7 Å². The maximum Gasteiger partial charge on any atom is 0.351 e. The minimum atomic E-state index is -2.32. The molecule has 0 saturated heterocycles. The molecular weight excluding hydrogens is 426 g/mol. The third kappa shape index (κ3) is 9.97. The first kappa shape index (κ1) is 28.0. The minimum Gasteiger partial charge on any atom is -0.391 e. The lowest BCUT2D eigenvalue weighted by atomic mass is 9.90. The molecule has 0 heterocycles. The number of hydrogen-bond donors (Lipinski definition) is 1. The second-order valence-electron chi connectivity index (χ2n) is 8.18. The van der Waals surface area contributed by atoms with Crippen LogP contribution in [-0.4, -0.2) is 35.3 Å². The molecule has 0 aliphatic carbocycles. The molecule has 1 aromatic rings. The SMILES string of the molecule is CCCCCCCCc1ccc(CCC(NC(C)=O)(C(=O)OC(C)=O)C(=O)OC(C)=O)cc1. The Kier molecular flexibility index (Phi) is 12.0. The van der Waals surface area contributed by atoms with Crippen molar-refractivity contribution in [1.82, 2.24) is 5.32 Å². The summed E-state index contributed by atoms with van der Waals surface area (Å²) in [6.45, 7) is 5.29. The van der Waals surface area contributed by atoms with Crippen LogP contribution in [0.3, 0.4) is 0 Å². The van der Waals surface area contributed by atoms with Gasteiger partial charge in [0.2, 0.25) is 11.4 Å². The predicted molar refractivity (Wildman–Crippen MR) is 122 cm³/mol. The van der Waals surface area contributed by atoms with Crippen LogP contribution in [0.25, 0.3) is 0 Å². The lowest BCUT2D eigenvalue weighted by Crippen LogP contribution is -2.61. The van der Waals surface area contributed by atoms with E-state index in [0.717, 1.165) is 39.2 Å². The molecule has 8 heteroatoms. The van der Waals surface area contributed by atoms with Crippen LogP contribution in [0.15, 0.2) is 24.3 Å². The molecule has 0 fully saturated rings. The Balaban J connectivity index is 2.91. The molecule has 0 aliphatic heterocycles. The number of unbranched alkanes of at least 4 members (excludes halogenated alkanes) is 5. The van der Waals surface area contributed by atoms with Crippen molar-refractivity contribution < 1.29 is 33.4 Å². The summed E-state index contributed by atoms with van der Waals surface area (Å²) in [6.07, 6.45) is 8.23. The Hall–Kier alpha value is -3.03. The highest BCUT2D eigenvalue weighted by Gasteiger charge is 2.51. The van der Waals surface area contributed by atoms with Crippen molar-refractivity contribution >= 4 is 29.8 Å². The van der Waals surface area contributed by atoms with Gasteiger partial charge in [0.05, 0.1) is 0 Å². The van der Waals surface area contributed by atoms with E-state index in [1.807, 2.05) is 24.3 Å². The number of carbonyl (C=O) groups excluding carboxylic acids is 5. The Morgan fingerprint density at radius 1 is 0.727 bits per heavy atom. The first-order valence-corrected chi connectivity index (χ1v) is 11.4. The molecule has 1 amide bonds. The van der Waals surface area contributed by atoms with Crippen LogP contribution in [0.4, 0.5) is 0 Å². The van der Waals surface area contributed by atoms with E-state index in [1.54, 1.807) is 0 Å². The first-order valence-electron chi connectivity index (χ1n) is 11.4. The third-order valence-corrected chi connectivity index (χ3v) is 5.19. The van der Waals surface area contributed by atoms with Gasteiger partial charge in [0, 0.05) is 20.8 Å². The number of amides is 1. The van der Waals surface area contributed by atoms with Crippen molar-refractivity contribution in [2.45, 2.75) is 91.0 Å². The Morgan fingerprint density at radius 2 is 1.18 bits per heavy atom. The molecular formula is C25H35NO7. The van der Waals surface area contributed by atoms with Gasteiger partial charge in [-0.1, -0.05) is 63.3 Å². The number of aryl methyl sites for hydroxylation is 2. The average molecular weight is 462 g/mol. The second-order valence-corrected chi connectivity index (χ2v) is 8.18. The minimum absolute atomic E-state index is 0.192. The molecule has 0 aliphatic rings. The summed E-state index contributed by atoms with van der Waals surface area (Å²) < 4.78 is 9.20. The van der Waals surface area contributed by atoms with Gasteiger partial charge < -0.3 is 14.8 Å². The van der Waals surface area contributed by atoms with E-state index in [0.29, 0.717) is 0 Å². The van der Waals surface area contributed by atoms with Gasteiger partial charge in [-0.25, -0.2) is 9.59 Å². The van der Waals surface area contributed by atoms with Crippen LogP contribution >= 0.6 is 0 Å². The van der Waals surface area contributed by atoms with Gasteiger partial charge in [0.1, 0.15) is 0 Å². The highest BCUT2D eigenvalue weighted by atomic mass is 16.6. The van der Waals surface area contributed by atoms with Crippen molar-refractivity contribution in [2.24, 2.45) is 0 Å². The van der Waals surface area contributed by atoms with Gasteiger partial charge >= 0.3 is 23.9 Å². The van der Waals surface area contributed by atoms with Crippen molar-refractivity contribution in [3.63, 3.8) is 0 Å². The summed E-state index contributed by atoms with van der Waals surface area (Å²) in [7, 11) is 0. The molecule has 8 nitrogen and oxygen atoms in total. The Bertz CT molecular complexity index is 802. The molecule has 1 N–H and O–H groups in total. The maximum absolute atomic E-state index is 12.7. The van der Waals surface area contributed by atoms with Crippen LogP contribution < -0.4 is 5.32 Å². The summed E-state index contributed by atoms with van der Waals surface area (Å²) >= 11 is 0. The summed E-state index contributed by atoms with van der Waals surface area (Å²) in [4.78, 5) is 59.7. The Morgan fingerprint density at radius 3 is 1.64 bits per heavy atom. The highest BCUT2D eigenvalue weighted by molar-refractivity contribution is 6.11. The number of rotatable bonds is 13. The lowest BCUT2D eigenvalue weighted by Gasteiger charge is -2.28. The summed E-state index contributed by atoms with van der Waals surface area (Å²) in [5.74, 6) is -5.22. The van der Waals surface area contributed by atoms with E-state index < -0.39 is 35.3 Å². The van der Waals surface area contributed by atoms with Gasteiger partial charge in [0.15, 0.2) is 0 Å². The molecule has 0 bridgehead atoms. The molecule has 0 unspecified atom stereocenters. The van der Waals surface area contributed by atoms with Crippen LogP contribution in [-0.2, 0) is 46.3 Å². The van der Waals surface area contributed by atoms with Crippen LogP contribution in [0, 0.1) is 0 Å². The predicted octanol–water partition coefficient (Wildman–Crippen LogP) is 3.58.